The molecule has 0 spiro atoms. The predicted octanol–water partition coefficient (Wildman–Crippen LogP) is 3.47. The Morgan fingerprint density at radius 1 is 1.08 bits per heavy atom. The van der Waals surface area contributed by atoms with E-state index >= 15 is 0 Å². The number of rotatable bonds is 8. The van der Waals surface area contributed by atoms with E-state index in [-0.39, 0.29) is 29.2 Å². The Labute approximate surface area is 234 Å². The lowest BCUT2D eigenvalue weighted by Gasteiger charge is -2.25. The molecule has 4 rings (SSSR count). The van der Waals surface area contributed by atoms with Crippen molar-refractivity contribution in [3.8, 4) is 5.75 Å². The van der Waals surface area contributed by atoms with Crippen LogP contribution in [0.2, 0.25) is 0 Å². The number of hydrogen-bond donors (Lipinski definition) is 1. The molecule has 0 saturated carbocycles. The van der Waals surface area contributed by atoms with Crippen molar-refractivity contribution in [1.29, 1.82) is 0 Å². The number of hydrogen-bond acceptors (Lipinski definition) is 7. The number of carbonyl (C=O) groups is 2. The number of methoxy groups -OCH3 is 1. The fourth-order valence-corrected chi connectivity index (χ4v) is 8.59. The van der Waals surface area contributed by atoms with Crippen LogP contribution in [0.5, 0.6) is 5.75 Å². The van der Waals surface area contributed by atoms with E-state index < -0.39 is 33.5 Å². The molecule has 39 heavy (non-hydrogen) atoms. The Morgan fingerprint density at radius 3 is 2.41 bits per heavy atom. The molecule has 0 aromatic heterocycles. The minimum atomic E-state index is -3.17. The van der Waals surface area contributed by atoms with Crippen LogP contribution in [-0.4, -0.2) is 78.6 Å². The average molecular weight is 574 g/mol. The highest BCUT2D eigenvalue weighted by Crippen LogP contribution is 2.38. The van der Waals surface area contributed by atoms with E-state index in [1.807, 2.05) is 59.5 Å². The Bertz CT molecular complexity index is 1310. The van der Waals surface area contributed by atoms with Gasteiger partial charge in [-0.1, -0.05) is 54.2 Å². The number of carbonyl (C=O) groups excluding carboxylic acids is 2. The van der Waals surface area contributed by atoms with Gasteiger partial charge in [-0.3, -0.25) is 4.79 Å². The van der Waals surface area contributed by atoms with E-state index in [0.29, 0.717) is 18.1 Å². The number of benzene rings is 2. The first kappa shape index (κ1) is 28.9. The first-order chi connectivity index (χ1) is 18.4. The van der Waals surface area contributed by atoms with Crippen LogP contribution in [0.4, 0.5) is 4.79 Å². The van der Waals surface area contributed by atoms with Crippen LogP contribution in [0, 0.1) is 0 Å². The molecule has 2 amide bonds. The molecule has 2 fully saturated rings. The van der Waals surface area contributed by atoms with Crippen molar-refractivity contribution in [2.75, 3.05) is 25.2 Å². The molecule has 9 nitrogen and oxygen atoms in total. The second-order valence-corrected chi connectivity index (χ2v) is 14.1. The summed E-state index contributed by atoms with van der Waals surface area (Å²) >= 11 is 1.33. The second-order valence-electron chi connectivity index (χ2n) is 10.7. The van der Waals surface area contributed by atoms with Gasteiger partial charge in [0, 0.05) is 18.2 Å². The van der Waals surface area contributed by atoms with Gasteiger partial charge < -0.3 is 19.7 Å². The van der Waals surface area contributed by atoms with E-state index in [1.54, 1.807) is 27.9 Å². The minimum absolute atomic E-state index is 0.0318. The van der Waals surface area contributed by atoms with Crippen LogP contribution < -0.4 is 10.1 Å². The van der Waals surface area contributed by atoms with Gasteiger partial charge in [0.2, 0.25) is 0 Å². The number of sulfone groups is 1. The summed E-state index contributed by atoms with van der Waals surface area (Å²) in [5.74, 6) is 0.333. The van der Waals surface area contributed by atoms with E-state index in [9.17, 15) is 18.0 Å². The molecule has 1 N–H and O–H groups in total. The van der Waals surface area contributed by atoms with Crippen molar-refractivity contribution < 1.29 is 27.5 Å². The molecule has 3 atom stereocenters. The van der Waals surface area contributed by atoms with E-state index in [2.05, 4.69) is 10.3 Å². The topological polar surface area (TPSA) is 114 Å². The highest BCUT2D eigenvalue weighted by molar-refractivity contribution is 8.15. The highest BCUT2D eigenvalue weighted by Gasteiger charge is 2.48. The number of thioether (sulfide) groups is 1. The minimum Gasteiger partial charge on any atom is -0.497 e. The number of amides is 2. The van der Waals surface area contributed by atoms with Crippen molar-refractivity contribution in [1.82, 2.24) is 10.2 Å². The van der Waals surface area contributed by atoms with Gasteiger partial charge in [0.1, 0.15) is 17.4 Å². The normalized spacial score (nSPS) is 21.8. The standard InChI is InChI=1S/C28H35N3O6S2/c1-28(2,3)37-27(33)29-22(16-20-8-6-5-7-9-20)25(32)30-26-31(23-17-39(34,35)18-24(23)38-26)15-14-19-10-12-21(36-4)13-11-19/h5-13,22-24H,14-18H2,1-4H3,(H,29,33)/t22-,23+,24+/m1/s1. The summed E-state index contributed by atoms with van der Waals surface area (Å²) in [4.78, 5) is 32.5. The quantitative estimate of drug-likeness (QED) is 0.511. The molecule has 2 aliphatic heterocycles. The first-order valence-electron chi connectivity index (χ1n) is 12.8. The number of aliphatic imine (C=N–C) groups is 1. The van der Waals surface area contributed by atoms with Crippen LogP contribution >= 0.6 is 11.8 Å². The highest BCUT2D eigenvalue weighted by atomic mass is 32.2. The van der Waals surface area contributed by atoms with Gasteiger partial charge in [-0.25, -0.2) is 13.2 Å². The van der Waals surface area contributed by atoms with E-state index in [0.717, 1.165) is 16.9 Å². The van der Waals surface area contributed by atoms with Gasteiger partial charge >= 0.3 is 6.09 Å². The summed E-state index contributed by atoms with van der Waals surface area (Å²) in [5, 5.41) is 2.99. The Hall–Kier alpha value is -3.05. The lowest BCUT2D eigenvalue weighted by Crippen LogP contribution is -2.45. The fourth-order valence-electron chi connectivity index (χ4n) is 4.61. The summed E-state index contributed by atoms with van der Waals surface area (Å²) in [6.45, 7) is 5.77. The maximum Gasteiger partial charge on any atom is 0.408 e. The average Bonchev–Trinajstić information content (AvgIpc) is 3.32. The molecule has 210 valence electrons. The number of amidine groups is 1. The van der Waals surface area contributed by atoms with Crippen LogP contribution in [0.15, 0.2) is 59.6 Å². The van der Waals surface area contributed by atoms with Crippen molar-refractivity contribution in [3.63, 3.8) is 0 Å². The van der Waals surface area contributed by atoms with Gasteiger partial charge in [-0.2, -0.15) is 4.99 Å². The monoisotopic (exact) mass is 573 g/mol. The van der Waals surface area contributed by atoms with Crippen molar-refractivity contribution >= 4 is 38.8 Å². The van der Waals surface area contributed by atoms with Gasteiger partial charge in [0.25, 0.3) is 5.91 Å². The van der Waals surface area contributed by atoms with E-state index in [4.69, 9.17) is 9.47 Å². The fraction of sp³-hybridized carbons (Fsp3) is 0.464. The third-order valence-corrected chi connectivity index (χ3v) is 9.70. The van der Waals surface area contributed by atoms with Crippen LogP contribution in [0.3, 0.4) is 0 Å². The molecule has 2 aromatic carbocycles. The molecular weight excluding hydrogens is 538 g/mol. The van der Waals surface area contributed by atoms with Crippen LogP contribution in [0.1, 0.15) is 31.9 Å². The molecule has 0 unspecified atom stereocenters. The summed E-state index contributed by atoms with van der Waals surface area (Å²) in [7, 11) is -1.55. The zero-order chi connectivity index (χ0) is 28.2. The number of alkyl carbamates (subject to hydrolysis) is 1. The second kappa shape index (κ2) is 12.0. The summed E-state index contributed by atoms with van der Waals surface area (Å²) < 4.78 is 35.4. The molecule has 0 bridgehead atoms. The Morgan fingerprint density at radius 2 is 1.77 bits per heavy atom. The van der Waals surface area contributed by atoms with Gasteiger partial charge in [-0.05, 0) is 50.5 Å². The van der Waals surface area contributed by atoms with Crippen molar-refractivity contribution in [3.05, 3.63) is 65.7 Å². The maximum absolute atomic E-state index is 13.5. The van der Waals surface area contributed by atoms with Gasteiger partial charge in [0.15, 0.2) is 15.0 Å². The molecule has 2 aromatic rings. The predicted molar refractivity (Wildman–Crippen MR) is 153 cm³/mol. The summed E-state index contributed by atoms with van der Waals surface area (Å²) in [6.07, 6.45) is 0.188. The van der Waals surface area contributed by atoms with Crippen molar-refractivity contribution in [2.24, 2.45) is 4.99 Å². The molecule has 11 heteroatoms. The number of fused-ring (bicyclic) bond motifs is 1. The third kappa shape index (κ3) is 7.98. The smallest absolute Gasteiger partial charge is 0.408 e. The Balaban J connectivity index is 1.56. The SMILES string of the molecule is COc1ccc(CCN2C(=NC(=O)[C@@H](Cc3ccccc3)NC(=O)OC(C)(C)C)S[C@H]3CS(=O)(=O)C[C@@H]32)cc1. The molecule has 2 heterocycles. The molecular formula is C28H35N3O6S2. The summed E-state index contributed by atoms with van der Waals surface area (Å²) in [5.41, 5.74) is 1.20. The zero-order valence-corrected chi connectivity index (χ0v) is 24.3. The molecule has 0 aliphatic carbocycles. The maximum atomic E-state index is 13.5. The molecule has 0 radical (unpaired) electrons. The number of nitrogens with one attached hydrogen (secondary N) is 1. The molecule has 2 aliphatic rings. The van der Waals surface area contributed by atoms with Crippen LogP contribution in [-0.2, 0) is 32.2 Å². The van der Waals surface area contributed by atoms with Gasteiger partial charge in [0.05, 0.1) is 24.7 Å². The molecule has 2 saturated heterocycles. The zero-order valence-electron chi connectivity index (χ0n) is 22.6. The first-order valence-corrected chi connectivity index (χ1v) is 15.6. The van der Waals surface area contributed by atoms with Crippen LogP contribution in [0.25, 0.3) is 0 Å². The number of ether oxygens (including phenoxy) is 2. The third-order valence-electron chi connectivity index (χ3n) is 6.45. The van der Waals surface area contributed by atoms with Crippen molar-refractivity contribution in [2.45, 2.75) is 56.5 Å². The summed E-state index contributed by atoms with van der Waals surface area (Å²) in [6, 6.07) is 15.9. The van der Waals surface area contributed by atoms with Gasteiger partial charge in [-0.15, -0.1) is 0 Å². The van der Waals surface area contributed by atoms with E-state index in [1.165, 1.54) is 11.8 Å². The number of nitrogens with zero attached hydrogens (tertiary/aromatic N) is 2. The Kier molecular flexibility index (Phi) is 8.90. The lowest BCUT2D eigenvalue weighted by molar-refractivity contribution is -0.119. The largest absolute Gasteiger partial charge is 0.497 e. The lowest BCUT2D eigenvalue weighted by atomic mass is 10.1.